The van der Waals surface area contributed by atoms with Crippen molar-refractivity contribution in [2.24, 2.45) is 5.10 Å². The summed E-state index contributed by atoms with van der Waals surface area (Å²) >= 11 is 7.41. The lowest BCUT2D eigenvalue weighted by Gasteiger charge is -2.07. The van der Waals surface area contributed by atoms with E-state index in [1.807, 2.05) is 67.8 Å². The van der Waals surface area contributed by atoms with Gasteiger partial charge in [0.15, 0.2) is 0 Å². The summed E-state index contributed by atoms with van der Waals surface area (Å²) in [5.41, 5.74) is 6.95. The molecule has 0 atom stereocenters. The lowest BCUT2D eigenvalue weighted by Crippen LogP contribution is -1.95. The molecule has 25 heavy (non-hydrogen) atoms. The highest BCUT2D eigenvalue weighted by Crippen LogP contribution is 2.26. The van der Waals surface area contributed by atoms with Gasteiger partial charge in [-0.25, -0.2) is 4.98 Å². The number of rotatable bonds is 6. The number of benzene rings is 2. The van der Waals surface area contributed by atoms with E-state index in [0.29, 0.717) is 6.61 Å². The quantitative estimate of drug-likeness (QED) is 0.436. The van der Waals surface area contributed by atoms with Crippen LogP contribution in [-0.2, 0) is 6.61 Å². The van der Waals surface area contributed by atoms with Gasteiger partial charge in [-0.15, -0.1) is 11.3 Å². The zero-order valence-corrected chi connectivity index (χ0v) is 15.6. The first-order chi connectivity index (χ1) is 12.1. The Balaban J connectivity index is 1.62. The monoisotopic (exact) mass is 371 g/mol. The van der Waals surface area contributed by atoms with Gasteiger partial charge in [-0.1, -0.05) is 23.7 Å². The molecule has 0 amide bonds. The number of halogens is 1. The second-order valence-electron chi connectivity index (χ2n) is 5.65. The molecule has 1 heterocycles. The van der Waals surface area contributed by atoms with Crippen LogP contribution in [0.5, 0.6) is 5.75 Å². The maximum Gasteiger partial charge on any atom is 0.203 e. The van der Waals surface area contributed by atoms with E-state index in [0.717, 1.165) is 38.4 Å². The van der Waals surface area contributed by atoms with Crippen molar-refractivity contribution in [1.29, 1.82) is 0 Å². The molecule has 3 rings (SSSR count). The lowest BCUT2D eigenvalue weighted by atomic mass is 10.2. The van der Waals surface area contributed by atoms with E-state index in [2.05, 4.69) is 15.5 Å². The Bertz CT molecular complexity index is 853. The molecule has 0 radical (unpaired) electrons. The van der Waals surface area contributed by atoms with Gasteiger partial charge in [0.1, 0.15) is 12.4 Å². The lowest BCUT2D eigenvalue weighted by molar-refractivity contribution is 0.306. The Labute approximate surface area is 156 Å². The van der Waals surface area contributed by atoms with E-state index in [9.17, 15) is 0 Å². The molecule has 4 nitrogen and oxygen atoms in total. The van der Waals surface area contributed by atoms with E-state index in [4.69, 9.17) is 16.3 Å². The molecule has 0 aliphatic carbocycles. The van der Waals surface area contributed by atoms with E-state index in [-0.39, 0.29) is 0 Å². The van der Waals surface area contributed by atoms with Crippen LogP contribution in [0.15, 0.2) is 59.0 Å². The number of nitrogens with one attached hydrogen (secondary N) is 1. The minimum atomic E-state index is 0.510. The number of thiazole rings is 1. The van der Waals surface area contributed by atoms with Crippen molar-refractivity contribution in [2.45, 2.75) is 20.5 Å². The number of hydrogen-bond acceptors (Lipinski definition) is 5. The van der Waals surface area contributed by atoms with Crippen LogP contribution in [0, 0.1) is 0 Å². The summed E-state index contributed by atoms with van der Waals surface area (Å²) in [6.07, 6.45) is 0. The summed E-state index contributed by atoms with van der Waals surface area (Å²) < 4.78 is 5.80. The molecule has 6 heteroatoms. The van der Waals surface area contributed by atoms with Crippen molar-refractivity contribution in [3.05, 3.63) is 64.5 Å². The molecule has 0 saturated heterocycles. The fourth-order valence-corrected chi connectivity index (χ4v) is 2.87. The first kappa shape index (κ1) is 17.5. The van der Waals surface area contributed by atoms with Gasteiger partial charge in [0.2, 0.25) is 5.13 Å². The highest BCUT2D eigenvalue weighted by atomic mass is 35.5. The number of ether oxygens (including phenoxy) is 1. The molecule has 0 saturated carbocycles. The molecule has 0 aliphatic heterocycles. The summed E-state index contributed by atoms with van der Waals surface area (Å²) in [4.78, 5) is 4.53. The Hall–Kier alpha value is -2.37. The fourth-order valence-electron chi connectivity index (χ4n) is 2.09. The first-order valence-electron chi connectivity index (χ1n) is 7.80. The van der Waals surface area contributed by atoms with Gasteiger partial charge >= 0.3 is 0 Å². The van der Waals surface area contributed by atoms with Gasteiger partial charge < -0.3 is 4.74 Å². The third kappa shape index (κ3) is 5.05. The normalized spacial score (nSPS) is 10.4. The van der Waals surface area contributed by atoms with Crippen LogP contribution in [0.1, 0.15) is 19.4 Å². The highest BCUT2D eigenvalue weighted by molar-refractivity contribution is 7.14. The SMILES string of the molecule is CC(C)=NNc1nc(-c2ccc(OCc3ccc(Cl)cc3)cc2)cs1. The smallest absolute Gasteiger partial charge is 0.203 e. The van der Waals surface area contributed by atoms with Crippen LogP contribution < -0.4 is 10.2 Å². The summed E-state index contributed by atoms with van der Waals surface area (Å²) in [6.45, 7) is 4.38. The zero-order valence-electron chi connectivity index (χ0n) is 14.0. The summed E-state index contributed by atoms with van der Waals surface area (Å²) in [5.74, 6) is 0.818. The van der Waals surface area contributed by atoms with Gasteiger partial charge in [0, 0.05) is 21.7 Å². The van der Waals surface area contributed by atoms with Crippen LogP contribution in [0.4, 0.5) is 5.13 Å². The van der Waals surface area contributed by atoms with Crippen LogP contribution in [0.25, 0.3) is 11.3 Å². The summed E-state index contributed by atoms with van der Waals surface area (Å²) in [5, 5.41) is 7.67. The molecular weight excluding hydrogens is 354 g/mol. The van der Waals surface area contributed by atoms with Gasteiger partial charge in [-0.3, -0.25) is 5.43 Å². The molecule has 3 aromatic rings. The van der Waals surface area contributed by atoms with Gasteiger partial charge in [0.25, 0.3) is 0 Å². The number of hydrazone groups is 1. The van der Waals surface area contributed by atoms with E-state index in [1.54, 1.807) is 0 Å². The number of hydrogen-bond donors (Lipinski definition) is 1. The maximum atomic E-state index is 5.88. The van der Waals surface area contributed by atoms with E-state index in [1.165, 1.54) is 11.3 Å². The third-order valence-electron chi connectivity index (χ3n) is 3.35. The third-order valence-corrected chi connectivity index (χ3v) is 4.35. The maximum absolute atomic E-state index is 5.88. The van der Waals surface area contributed by atoms with Crippen LogP contribution in [0.2, 0.25) is 5.02 Å². The minimum Gasteiger partial charge on any atom is -0.489 e. The molecule has 0 bridgehead atoms. The van der Waals surface area contributed by atoms with Gasteiger partial charge in [-0.2, -0.15) is 5.10 Å². The Morgan fingerprint density at radius 1 is 1.12 bits per heavy atom. The molecule has 2 aromatic carbocycles. The van der Waals surface area contributed by atoms with Crippen molar-refractivity contribution in [1.82, 2.24) is 4.98 Å². The largest absolute Gasteiger partial charge is 0.489 e. The molecule has 0 spiro atoms. The van der Waals surface area contributed by atoms with Crippen LogP contribution in [0.3, 0.4) is 0 Å². The van der Waals surface area contributed by atoms with Crippen molar-refractivity contribution in [2.75, 3.05) is 5.43 Å². The fraction of sp³-hybridized carbons (Fsp3) is 0.158. The average molecular weight is 372 g/mol. The molecular formula is C19H18ClN3OS. The number of anilines is 1. The average Bonchev–Trinajstić information content (AvgIpc) is 3.09. The second-order valence-corrected chi connectivity index (χ2v) is 6.94. The van der Waals surface area contributed by atoms with Crippen molar-refractivity contribution < 1.29 is 4.74 Å². The topological polar surface area (TPSA) is 46.5 Å². The predicted molar refractivity (Wildman–Crippen MR) is 106 cm³/mol. The molecule has 0 fully saturated rings. The van der Waals surface area contributed by atoms with E-state index >= 15 is 0 Å². The molecule has 0 aliphatic rings. The van der Waals surface area contributed by atoms with Gasteiger partial charge in [-0.05, 0) is 55.8 Å². The summed E-state index contributed by atoms with van der Waals surface area (Å²) in [6, 6.07) is 15.6. The number of aromatic nitrogens is 1. The van der Waals surface area contributed by atoms with Crippen molar-refractivity contribution in [3.63, 3.8) is 0 Å². The standard InChI is InChI=1S/C19H18ClN3OS/c1-13(2)22-23-19-21-18(12-25-19)15-5-9-17(10-6-15)24-11-14-3-7-16(20)8-4-14/h3-10,12H,11H2,1-2H3,(H,21,23). The predicted octanol–water partition coefficient (Wildman–Crippen LogP) is 5.85. The summed E-state index contributed by atoms with van der Waals surface area (Å²) in [7, 11) is 0. The van der Waals surface area contributed by atoms with Crippen molar-refractivity contribution >= 4 is 33.8 Å². The number of nitrogens with zero attached hydrogens (tertiary/aromatic N) is 2. The van der Waals surface area contributed by atoms with E-state index < -0.39 is 0 Å². The Kier molecular flexibility index (Phi) is 5.68. The second kappa shape index (κ2) is 8.14. The van der Waals surface area contributed by atoms with Crippen LogP contribution >= 0.6 is 22.9 Å². The highest BCUT2D eigenvalue weighted by Gasteiger charge is 2.05. The zero-order chi connectivity index (χ0) is 17.6. The first-order valence-corrected chi connectivity index (χ1v) is 9.06. The molecule has 1 aromatic heterocycles. The Morgan fingerprint density at radius 2 is 1.84 bits per heavy atom. The van der Waals surface area contributed by atoms with Crippen molar-refractivity contribution in [3.8, 4) is 17.0 Å². The molecule has 128 valence electrons. The minimum absolute atomic E-state index is 0.510. The molecule has 0 unspecified atom stereocenters. The van der Waals surface area contributed by atoms with Crippen LogP contribution in [-0.4, -0.2) is 10.7 Å². The molecule has 1 N–H and O–H groups in total. The Morgan fingerprint density at radius 3 is 2.52 bits per heavy atom. The van der Waals surface area contributed by atoms with Gasteiger partial charge in [0.05, 0.1) is 5.69 Å².